The van der Waals surface area contributed by atoms with Crippen LogP contribution in [0, 0.1) is 0 Å². The number of carbonyl (C=O) groups is 1. The predicted octanol–water partition coefficient (Wildman–Crippen LogP) is 1.47. The van der Waals surface area contributed by atoms with E-state index in [1.54, 1.807) is 17.1 Å². The maximum absolute atomic E-state index is 12.1. The average molecular weight is 209 g/mol. The number of carbonyl (C=O) groups excluding carboxylic acids is 1. The molecular formula is C11H19N3O. The van der Waals surface area contributed by atoms with E-state index >= 15 is 0 Å². The molecule has 0 atom stereocenters. The van der Waals surface area contributed by atoms with Crippen molar-refractivity contribution in [3.63, 3.8) is 0 Å². The molecule has 0 aromatic carbocycles. The maximum Gasteiger partial charge on any atom is 0.185 e. The Labute approximate surface area is 90.7 Å². The molecule has 1 aromatic rings. The molecule has 1 N–H and O–H groups in total. The van der Waals surface area contributed by atoms with Crippen LogP contribution in [-0.4, -0.2) is 27.6 Å². The molecule has 15 heavy (non-hydrogen) atoms. The number of nitrogens with one attached hydrogen (secondary N) is 1. The number of aryl methyl sites for hydroxylation is 1. The number of likely N-dealkylation sites (N-methyl/N-ethyl adjacent to an activating group) is 1. The minimum atomic E-state index is -0.518. The van der Waals surface area contributed by atoms with Gasteiger partial charge in [-0.2, -0.15) is 5.10 Å². The second-order valence-electron chi connectivity index (χ2n) is 4.07. The fourth-order valence-electron chi connectivity index (χ4n) is 1.54. The fourth-order valence-corrected chi connectivity index (χ4v) is 1.54. The molecule has 0 fully saturated rings. The van der Waals surface area contributed by atoms with Crippen molar-refractivity contribution in [2.45, 2.75) is 39.8 Å². The molecule has 4 nitrogen and oxygen atoms in total. The number of aromatic nitrogens is 2. The Kier molecular flexibility index (Phi) is 3.63. The van der Waals surface area contributed by atoms with E-state index in [1.807, 2.05) is 27.7 Å². The lowest BCUT2D eigenvalue weighted by atomic mass is 9.95. The summed E-state index contributed by atoms with van der Waals surface area (Å²) in [6.45, 7) is 9.33. The summed E-state index contributed by atoms with van der Waals surface area (Å²) in [5.74, 6) is 0.0871. The Hall–Kier alpha value is -1.16. The van der Waals surface area contributed by atoms with E-state index in [0.29, 0.717) is 5.56 Å². The zero-order valence-electron chi connectivity index (χ0n) is 9.87. The minimum absolute atomic E-state index is 0.0871. The molecule has 0 saturated carbocycles. The molecule has 0 aliphatic heterocycles. The molecule has 84 valence electrons. The first-order chi connectivity index (χ1) is 7.01. The highest BCUT2D eigenvalue weighted by atomic mass is 16.1. The van der Waals surface area contributed by atoms with Crippen molar-refractivity contribution in [2.75, 3.05) is 6.54 Å². The quantitative estimate of drug-likeness (QED) is 0.747. The number of hydrogen-bond donors (Lipinski definition) is 1. The van der Waals surface area contributed by atoms with Crippen molar-refractivity contribution in [2.24, 2.45) is 0 Å². The molecule has 1 aromatic heterocycles. The molecule has 1 rings (SSSR count). The van der Waals surface area contributed by atoms with Crippen LogP contribution in [0.5, 0.6) is 0 Å². The van der Waals surface area contributed by atoms with Crippen molar-refractivity contribution >= 4 is 5.78 Å². The van der Waals surface area contributed by atoms with Gasteiger partial charge in [-0.25, -0.2) is 0 Å². The highest BCUT2D eigenvalue weighted by Crippen LogP contribution is 2.12. The lowest BCUT2D eigenvalue weighted by molar-refractivity contribution is 0.0884. The van der Waals surface area contributed by atoms with E-state index in [2.05, 4.69) is 10.4 Å². The summed E-state index contributed by atoms with van der Waals surface area (Å²) in [6, 6.07) is 0. The van der Waals surface area contributed by atoms with Crippen molar-refractivity contribution < 1.29 is 4.79 Å². The third-order valence-corrected chi connectivity index (χ3v) is 2.41. The van der Waals surface area contributed by atoms with Crippen molar-refractivity contribution in [1.82, 2.24) is 15.1 Å². The molecule has 1 heterocycles. The maximum atomic E-state index is 12.1. The van der Waals surface area contributed by atoms with Crippen LogP contribution in [-0.2, 0) is 6.54 Å². The lowest BCUT2D eigenvalue weighted by Gasteiger charge is -2.23. The van der Waals surface area contributed by atoms with Gasteiger partial charge in [-0.05, 0) is 27.3 Å². The topological polar surface area (TPSA) is 46.9 Å². The molecule has 0 aliphatic rings. The Morgan fingerprint density at radius 3 is 2.67 bits per heavy atom. The number of nitrogens with zero attached hydrogens (tertiary/aromatic N) is 2. The van der Waals surface area contributed by atoms with Gasteiger partial charge in [0, 0.05) is 12.7 Å². The van der Waals surface area contributed by atoms with E-state index in [0.717, 1.165) is 13.1 Å². The third-order valence-electron chi connectivity index (χ3n) is 2.41. The standard InChI is InChI=1S/C11H19N3O/c1-5-12-11(3,4)10(15)9-7-13-14(6-2)8-9/h7-8,12H,5-6H2,1-4H3. The Morgan fingerprint density at radius 2 is 2.20 bits per heavy atom. The Morgan fingerprint density at radius 1 is 1.53 bits per heavy atom. The summed E-state index contributed by atoms with van der Waals surface area (Å²) < 4.78 is 1.76. The summed E-state index contributed by atoms with van der Waals surface area (Å²) >= 11 is 0. The van der Waals surface area contributed by atoms with Gasteiger partial charge in [-0.15, -0.1) is 0 Å². The van der Waals surface area contributed by atoms with Crippen LogP contribution in [0.15, 0.2) is 12.4 Å². The van der Waals surface area contributed by atoms with Gasteiger partial charge in [0.2, 0.25) is 0 Å². The smallest absolute Gasteiger partial charge is 0.185 e. The van der Waals surface area contributed by atoms with Gasteiger partial charge in [-0.1, -0.05) is 6.92 Å². The van der Waals surface area contributed by atoms with Crippen LogP contribution >= 0.6 is 0 Å². The van der Waals surface area contributed by atoms with Gasteiger partial charge in [0.15, 0.2) is 5.78 Å². The predicted molar refractivity (Wildman–Crippen MR) is 60.0 cm³/mol. The van der Waals surface area contributed by atoms with E-state index < -0.39 is 5.54 Å². The largest absolute Gasteiger partial charge is 0.305 e. The average Bonchev–Trinajstić information content (AvgIpc) is 2.64. The second-order valence-corrected chi connectivity index (χ2v) is 4.07. The molecule has 0 unspecified atom stereocenters. The number of Topliss-reactive ketones (excluding diaryl/α,β-unsaturated/α-hetero) is 1. The Balaban J connectivity index is 2.84. The monoisotopic (exact) mass is 209 g/mol. The van der Waals surface area contributed by atoms with Gasteiger partial charge < -0.3 is 5.32 Å². The fraction of sp³-hybridized carbons (Fsp3) is 0.636. The van der Waals surface area contributed by atoms with Gasteiger partial charge in [0.05, 0.1) is 17.3 Å². The van der Waals surface area contributed by atoms with Crippen LogP contribution < -0.4 is 5.32 Å². The molecular weight excluding hydrogens is 190 g/mol. The van der Waals surface area contributed by atoms with Crippen molar-refractivity contribution in [3.8, 4) is 0 Å². The highest BCUT2D eigenvalue weighted by Gasteiger charge is 2.28. The van der Waals surface area contributed by atoms with E-state index in [1.165, 1.54) is 0 Å². The first kappa shape index (κ1) is 11.9. The summed E-state index contributed by atoms with van der Waals surface area (Å²) in [7, 11) is 0. The van der Waals surface area contributed by atoms with Crippen LogP contribution in [0.1, 0.15) is 38.1 Å². The van der Waals surface area contributed by atoms with Gasteiger partial charge in [0.1, 0.15) is 0 Å². The number of rotatable bonds is 5. The van der Waals surface area contributed by atoms with Crippen LogP contribution in [0.25, 0.3) is 0 Å². The Bertz CT molecular complexity index is 341. The number of hydrogen-bond acceptors (Lipinski definition) is 3. The van der Waals surface area contributed by atoms with Crippen molar-refractivity contribution in [3.05, 3.63) is 18.0 Å². The molecule has 0 saturated heterocycles. The molecule has 0 radical (unpaired) electrons. The van der Waals surface area contributed by atoms with E-state index in [-0.39, 0.29) is 5.78 Å². The summed E-state index contributed by atoms with van der Waals surface area (Å²) in [4.78, 5) is 12.1. The zero-order chi connectivity index (χ0) is 11.5. The summed E-state index contributed by atoms with van der Waals surface area (Å²) in [5.41, 5.74) is 0.152. The summed E-state index contributed by atoms with van der Waals surface area (Å²) in [5, 5.41) is 7.26. The number of ketones is 1. The van der Waals surface area contributed by atoms with E-state index in [4.69, 9.17) is 0 Å². The van der Waals surface area contributed by atoms with Gasteiger partial charge in [0.25, 0.3) is 0 Å². The third kappa shape index (κ3) is 2.65. The van der Waals surface area contributed by atoms with E-state index in [9.17, 15) is 4.79 Å². The van der Waals surface area contributed by atoms with Crippen molar-refractivity contribution in [1.29, 1.82) is 0 Å². The first-order valence-electron chi connectivity index (χ1n) is 5.33. The summed E-state index contributed by atoms with van der Waals surface area (Å²) in [6.07, 6.45) is 3.42. The highest BCUT2D eigenvalue weighted by molar-refractivity contribution is 6.02. The molecule has 0 aliphatic carbocycles. The zero-order valence-corrected chi connectivity index (χ0v) is 9.87. The molecule has 0 amide bonds. The SMILES string of the molecule is CCNC(C)(C)C(=O)c1cnn(CC)c1. The lowest BCUT2D eigenvalue weighted by Crippen LogP contribution is -2.46. The second kappa shape index (κ2) is 4.57. The first-order valence-corrected chi connectivity index (χ1v) is 5.33. The molecule has 0 bridgehead atoms. The van der Waals surface area contributed by atoms with Crippen LogP contribution in [0.2, 0.25) is 0 Å². The normalized spacial score (nSPS) is 11.7. The van der Waals surface area contributed by atoms with Crippen LogP contribution in [0.4, 0.5) is 0 Å². The van der Waals surface area contributed by atoms with Gasteiger partial charge in [-0.3, -0.25) is 9.48 Å². The van der Waals surface area contributed by atoms with Gasteiger partial charge >= 0.3 is 0 Å². The molecule has 0 spiro atoms. The van der Waals surface area contributed by atoms with Crippen LogP contribution in [0.3, 0.4) is 0 Å². The minimum Gasteiger partial charge on any atom is -0.305 e. The molecule has 4 heteroatoms.